The van der Waals surface area contributed by atoms with Crippen LogP contribution < -0.4 is 10.1 Å². The number of methoxy groups -OCH3 is 1. The van der Waals surface area contributed by atoms with Crippen LogP contribution in [-0.4, -0.2) is 17.6 Å². The van der Waals surface area contributed by atoms with Crippen molar-refractivity contribution in [3.63, 3.8) is 0 Å². The van der Waals surface area contributed by atoms with E-state index in [2.05, 4.69) is 9.88 Å². The van der Waals surface area contributed by atoms with Crippen molar-refractivity contribution >= 4 is 11.6 Å². The molecular formula is C22H24N2O2. The monoisotopic (exact) mass is 348 g/mol. The number of amides is 1. The topological polar surface area (TPSA) is 43.3 Å². The number of carbonyl (C=O) groups excluding carboxylic acids is 1. The molecule has 3 aromatic rings. The fourth-order valence-electron chi connectivity index (χ4n) is 3.05. The van der Waals surface area contributed by atoms with Gasteiger partial charge in [0.25, 0.3) is 0 Å². The summed E-state index contributed by atoms with van der Waals surface area (Å²) in [6.45, 7) is 4.02. The van der Waals surface area contributed by atoms with E-state index in [1.807, 2.05) is 80.8 Å². The lowest BCUT2D eigenvalue weighted by molar-refractivity contribution is -0.116. The summed E-state index contributed by atoms with van der Waals surface area (Å²) in [7, 11) is 1.65. The summed E-state index contributed by atoms with van der Waals surface area (Å²) in [4.78, 5) is 12.8. The largest absolute Gasteiger partial charge is 0.497 e. The Labute approximate surface area is 154 Å². The number of benzene rings is 2. The Hall–Kier alpha value is -3.01. The molecule has 4 nitrogen and oxygen atoms in total. The van der Waals surface area contributed by atoms with Crippen LogP contribution in [0.5, 0.6) is 5.75 Å². The van der Waals surface area contributed by atoms with E-state index in [0.717, 1.165) is 28.1 Å². The van der Waals surface area contributed by atoms with Gasteiger partial charge in [0.1, 0.15) is 5.75 Å². The van der Waals surface area contributed by atoms with Gasteiger partial charge in [-0.2, -0.15) is 0 Å². The highest BCUT2D eigenvalue weighted by Gasteiger charge is 2.18. The molecule has 1 atom stereocenters. The number of rotatable bonds is 6. The van der Waals surface area contributed by atoms with E-state index in [4.69, 9.17) is 4.74 Å². The quantitative estimate of drug-likeness (QED) is 0.700. The van der Waals surface area contributed by atoms with E-state index in [0.29, 0.717) is 6.42 Å². The minimum atomic E-state index is -0.0924. The Balaban J connectivity index is 1.84. The Morgan fingerprint density at radius 3 is 2.58 bits per heavy atom. The molecule has 134 valence electrons. The van der Waals surface area contributed by atoms with Gasteiger partial charge in [-0.1, -0.05) is 24.3 Å². The molecule has 4 heteroatoms. The van der Waals surface area contributed by atoms with Crippen molar-refractivity contribution in [3.8, 4) is 5.75 Å². The molecule has 1 unspecified atom stereocenters. The van der Waals surface area contributed by atoms with Gasteiger partial charge in [-0.25, -0.2) is 0 Å². The second-order valence-electron chi connectivity index (χ2n) is 6.49. The van der Waals surface area contributed by atoms with Crippen molar-refractivity contribution in [1.82, 2.24) is 4.57 Å². The molecule has 0 spiro atoms. The number of anilines is 1. The second-order valence-corrected chi connectivity index (χ2v) is 6.49. The van der Waals surface area contributed by atoms with Crippen LogP contribution in [0.2, 0.25) is 0 Å². The average Bonchev–Trinajstić information content (AvgIpc) is 3.17. The molecule has 1 N–H and O–H groups in total. The van der Waals surface area contributed by atoms with Crippen LogP contribution in [0.4, 0.5) is 5.69 Å². The van der Waals surface area contributed by atoms with Crippen molar-refractivity contribution in [2.24, 2.45) is 0 Å². The zero-order valence-electron chi connectivity index (χ0n) is 15.4. The molecule has 26 heavy (non-hydrogen) atoms. The SMILES string of the molecule is COc1cccc(C(CC(=O)Nc2cc(C)ccc2C)n2cccc2)c1. The first-order valence-corrected chi connectivity index (χ1v) is 8.70. The van der Waals surface area contributed by atoms with Crippen LogP contribution in [-0.2, 0) is 4.79 Å². The lowest BCUT2D eigenvalue weighted by Gasteiger charge is -2.20. The molecular weight excluding hydrogens is 324 g/mol. The molecule has 0 radical (unpaired) electrons. The third-order valence-electron chi connectivity index (χ3n) is 4.51. The molecule has 0 aliphatic carbocycles. The van der Waals surface area contributed by atoms with Crippen molar-refractivity contribution in [3.05, 3.63) is 83.7 Å². The normalized spacial score (nSPS) is 11.8. The molecule has 1 amide bonds. The molecule has 2 aromatic carbocycles. The van der Waals surface area contributed by atoms with Gasteiger partial charge in [0.15, 0.2) is 0 Å². The summed E-state index contributed by atoms with van der Waals surface area (Å²) >= 11 is 0. The standard InChI is InChI=1S/C22H24N2O2/c1-16-9-10-17(2)20(13-16)23-22(25)15-21(24-11-4-5-12-24)18-7-6-8-19(14-18)26-3/h4-14,21H,15H2,1-3H3,(H,23,25). The van der Waals surface area contributed by atoms with E-state index in [9.17, 15) is 4.79 Å². The van der Waals surface area contributed by atoms with Gasteiger partial charge in [-0.15, -0.1) is 0 Å². The van der Waals surface area contributed by atoms with E-state index >= 15 is 0 Å². The molecule has 0 fully saturated rings. The average molecular weight is 348 g/mol. The first-order chi connectivity index (χ1) is 12.6. The van der Waals surface area contributed by atoms with Crippen molar-refractivity contribution in [2.75, 3.05) is 12.4 Å². The highest BCUT2D eigenvalue weighted by atomic mass is 16.5. The summed E-state index contributed by atoms with van der Waals surface area (Å²) < 4.78 is 7.40. The Morgan fingerprint density at radius 1 is 1.08 bits per heavy atom. The molecule has 0 bridgehead atoms. The van der Waals surface area contributed by atoms with E-state index in [-0.39, 0.29) is 11.9 Å². The van der Waals surface area contributed by atoms with E-state index < -0.39 is 0 Å². The molecule has 0 aliphatic rings. The van der Waals surface area contributed by atoms with Crippen LogP contribution in [0.25, 0.3) is 0 Å². The van der Waals surface area contributed by atoms with Crippen LogP contribution in [0.3, 0.4) is 0 Å². The number of hydrogen-bond donors (Lipinski definition) is 1. The molecule has 0 saturated heterocycles. The zero-order chi connectivity index (χ0) is 18.5. The number of carbonyl (C=O) groups is 1. The van der Waals surface area contributed by atoms with E-state index in [1.165, 1.54) is 0 Å². The van der Waals surface area contributed by atoms with E-state index in [1.54, 1.807) is 7.11 Å². The number of nitrogens with zero attached hydrogens (tertiary/aromatic N) is 1. The second kappa shape index (κ2) is 7.91. The highest BCUT2D eigenvalue weighted by Crippen LogP contribution is 2.26. The highest BCUT2D eigenvalue weighted by molar-refractivity contribution is 5.92. The number of hydrogen-bond acceptors (Lipinski definition) is 2. The lowest BCUT2D eigenvalue weighted by Crippen LogP contribution is -2.20. The van der Waals surface area contributed by atoms with Crippen molar-refractivity contribution in [1.29, 1.82) is 0 Å². The number of nitrogens with one attached hydrogen (secondary N) is 1. The minimum Gasteiger partial charge on any atom is -0.497 e. The third-order valence-corrected chi connectivity index (χ3v) is 4.51. The first kappa shape index (κ1) is 17.8. The van der Waals surface area contributed by atoms with Gasteiger partial charge in [0, 0.05) is 18.1 Å². The summed E-state index contributed by atoms with van der Waals surface area (Å²) in [6, 6.07) is 17.8. The van der Waals surface area contributed by atoms with Gasteiger partial charge in [0.05, 0.1) is 19.6 Å². The summed E-state index contributed by atoms with van der Waals surface area (Å²) in [6.07, 6.45) is 4.31. The Morgan fingerprint density at radius 2 is 1.85 bits per heavy atom. The first-order valence-electron chi connectivity index (χ1n) is 8.70. The molecule has 0 aliphatic heterocycles. The maximum atomic E-state index is 12.8. The minimum absolute atomic E-state index is 0.0137. The third kappa shape index (κ3) is 4.14. The Kier molecular flexibility index (Phi) is 5.42. The summed E-state index contributed by atoms with van der Waals surface area (Å²) in [5.74, 6) is 0.773. The van der Waals surface area contributed by atoms with Gasteiger partial charge in [-0.05, 0) is 60.9 Å². The maximum absolute atomic E-state index is 12.8. The molecule has 0 saturated carbocycles. The van der Waals surface area contributed by atoms with Crippen LogP contribution in [0, 0.1) is 13.8 Å². The predicted molar refractivity (Wildman–Crippen MR) is 105 cm³/mol. The van der Waals surface area contributed by atoms with Gasteiger partial charge in [-0.3, -0.25) is 4.79 Å². The lowest BCUT2D eigenvalue weighted by atomic mass is 10.0. The smallest absolute Gasteiger partial charge is 0.226 e. The molecule has 1 heterocycles. The van der Waals surface area contributed by atoms with Gasteiger partial charge < -0.3 is 14.6 Å². The maximum Gasteiger partial charge on any atom is 0.226 e. The summed E-state index contributed by atoms with van der Waals surface area (Å²) in [5, 5.41) is 3.06. The van der Waals surface area contributed by atoms with Crippen LogP contribution in [0.15, 0.2) is 67.0 Å². The fourth-order valence-corrected chi connectivity index (χ4v) is 3.05. The van der Waals surface area contributed by atoms with Crippen molar-refractivity contribution in [2.45, 2.75) is 26.3 Å². The number of aryl methyl sites for hydroxylation is 2. The zero-order valence-corrected chi connectivity index (χ0v) is 15.4. The van der Waals surface area contributed by atoms with Crippen LogP contribution >= 0.6 is 0 Å². The fraction of sp³-hybridized carbons (Fsp3) is 0.227. The van der Waals surface area contributed by atoms with Gasteiger partial charge >= 0.3 is 0 Å². The predicted octanol–water partition coefficient (Wildman–Crippen LogP) is 4.73. The Bertz CT molecular complexity index is 885. The molecule has 3 rings (SSSR count). The number of aromatic nitrogens is 1. The van der Waals surface area contributed by atoms with Gasteiger partial charge in [0.2, 0.25) is 5.91 Å². The van der Waals surface area contributed by atoms with Crippen LogP contribution in [0.1, 0.15) is 29.2 Å². The number of ether oxygens (including phenoxy) is 1. The summed E-state index contributed by atoms with van der Waals surface area (Å²) in [5.41, 5.74) is 4.09. The molecule has 1 aromatic heterocycles. The van der Waals surface area contributed by atoms with Crippen molar-refractivity contribution < 1.29 is 9.53 Å².